The van der Waals surface area contributed by atoms with E-state index < -0.39 is 11.8 Å². The van der Waals surface area contributed by atoms with E-state index in [4.69, 9.17) is 4.74 Å². The van der Waals surface area contributed by atoms with E-state index in [9.17, 15) is 9.59 Å². The minimum atomic E-state index is -0.667. The minimum absolute atomic E-state index is 0.416. The van der Waals surface area contributed by atoms with Crippen LogP contribution >= 0.6 is 0 Å². The summed E-state index contributed by atoms with van der Waals surface area (Å²) in [4.78, 5) is 25.1. The van der Waals surface area contributed by atoms with E-state index in [1.807, 2.05) is 31.1 Å². The highest BCUT2D eigenvalue weighted by atomic mass is 16.5. The Bertz CT molecular complexity index is 443. The molecule has 110 valence electrons. The Morgan fingerprint density at radius 3 is 2.35 bits per heavy atom. The van der Waals surface area contributed by atoms with Crippen LogP contribution in [0.15, 0.2) is 24.3 Å². The quantitative estimate of drug-likeness (QED) is 0.598. The van der Waals surface area contributed by atoms with E-state index in [0.29, 0.717) is 25.3 Å². The molecule has 2 amide bonds. The van der Waals surface area contributed by atoms with Gasteiger partial charge in [0.05, 0.1) is 0 Å². The normalized spacial score (nSPS) is 9.95. The van der Waals surface area contributed by atoms with Crippen molar-refractivity contribution in [1.82, 2.24) is 5.32 Å². The lowest BCUT2D eigenvalue weighted by atomic mass is 10.2. The summed E-state index contributed by atoms with van der Waals surface area (Å²) < 4.78 is 4.85. The van der Waals surface area contributed by atoms with E-state index >= 15 is 0 Å². The number of amides is 2. The molecule has 1 aromatic carbocycles. The van der Waals surface area contributed by atoms with Crippen molar-refractivity contribution >= 4 is 23.2 Å². The lowest BCUT2D eigenvalue weighted by Gasteiger charge is -2.13. The van der Waals surface area contributed by atoms with Gasteiger partial charge in [0.2, 0.25) is 0 Å². The molecule has 0 heterocycles. The van der Waals surface area contributed by atoms with Crippen molar-refractivity contribution in [1.29, 1.82) is 0 Å². The van der Waals surface area contributed by atoms with Gasteiger partial charge in [0, 0.05) is 45.7 Å². The molecule has 0 aliphatic carbocycles. The number of methoxy groups -OCH3 is 1. The maximum Gasteiger partial charge on any atom is 0.313 e. The first-order chi connectivity index (χ1) is 9.54. The van der Waals surface area contributed by atoms with E-state index in [0.717, 1.165) is 5.69 Å². The molecule has 0 atom stereocenters. The maximum absolute atomic E-state index is 11.6. The summed E-state index contributed by atoms with van der Waals surface area (Å²) >= 11 is 0. The van der Waals surface area contributed by atoms with Crippen LogP contribution in [0.5, 0.6) is 0 Å². The first-order valence-corrected chi connectivity index (χ1v) is 6.40. The zero-order valence-corrected chi connectivity index (χ0v) is 12.1. The largest absolute Gasteiger partial charge is 0.385 e. The van der Waals surface area contributed by atoms with Crippen molar-refractivity contribution in [2.24, 2.45) is 0 Å². The second-order valence-corrected chi connectivity index (χ2v) is 4.50. The van der Waals surface area contributed by atoms with Crippen molar-refractivity contribution in [3.05, 3.63) is 24.3 Å². The number of nitrogens with one attached hydrogen (secondary N) is 2. The Kier molecular flexibility index (Phi) is 6.52. The van der Waals surface area contributed by atoms with Gasteiger partial charge in [-0.3, -0.25) is 9.59 Å². The van der Waals surface area contributed by atoms with E-state index in [1.165, 1.54) is 0 Å². The summed E-state index contributed by atoms with van der Waals surface area (Å²) in [6.07, 6.45) is 0.674. The molecule has 2 N–H and O–H groups in total. The van der Waals surface area contributed by atoms with E-state index in [2.05, 4.69) is 10.6 Å². The summed E-state index contributed by atoms with van der Waals surface area (Å²) in [7, 11) is 5.45. The van der Waals surface area contributed by atoms with E-state index in [1.54, 1.807) is 19.2 Å². The van der Waals surface area contributed by atoms with Crippen LogP contribution in [0.3, 0.4) is 0 Å². The predicted octanol–water partition coefficient (Wildman–Crippen LogP) is 0.844. The van der Waals surface area contributed by atoms with Crippen LogP contribution < -0.4 is 15.5 Å². The standard InChI is InChI=1S/C14H21N3O3/c1-17(2)12-7-5-11(6-8-12)16-14(19)13(18)15-9-4-10-20-3/h5-8H,4,9-10H2,1-3H3,(H,15,18)(H,16,19). The Balaban J connectivity index is 2.43. The lowest BCUT2D eigenvalue weighted by molar-refractivity contribution is -0.136. The maximum atomic E-state index is 11.6. The van der Waals surface area contributed by atoms with Crippen LogP contribution in [0.2, 0.25) is 0 Å². The molecule has 0 aliphatic heterocycles. The third-order valence-corrected chi connectivity index (χ3v) is 2.66. The van der Waals surface area contributed by atoms with Crippen LogP contribution in [0.1, 0.15) is 6.42 Å². The second-order valence-electron chi connectivity index (χ2n) is 4.50. The highest BCUT2D eigenvalue weighted by molar-refractivity contribution is 6.39. The number of benzene rings is 1. The first-order valence-electron chi connectivity index (χ1n) is 6.40. The summed E-state index contributed by atoms with van der Waals surface area (Å²) in [5.41, 5.74) is 1.61. The fraction of sp³-hybridized carbons (Fsp3) is 0.429. The number of carbonyl (C=O) groups is 2. The van der Waals surface area contributed by atoms with Crippen LogP contribution in [0.4, 0.5) is 11.4 Å². The first kappa shape index (κ1) is 16.0. The molecule has 0 aliphatic rings. The molecule has 0 saturated heterocycles. The molecule has 0 saturated carbocycles. The Morgan fingerprint density at radius 2 is 1.80 bits per heavy atom. The van der Waals surface area contributed by atoms with Gasteiger partial charge in [0.25, 0.3) is 0 Å². The Morgan fingerprint density at radius 1 is 1.15 bits per heavy atom. The van der Waals surface area contributed by atoms with Crippen molar-refractivity contribution in [2.75, 3.05) is 44.6 Å². The van der Waals surface area contributed by atoms with Crippen LogP contribution in [0.25, 0.3) is 0 Å². The van der Waals surface area contributed by atoms with Gasteiger partial charge in [0.15, 0.2) is 0 Å². The fourth-order valence-electron chi connectivity index (χ4n) is 1.53. The van der Waals surface area contributed by atoms with Gasteiger partial charge in [-0.1, -0.05) is 0 Å². The number of hydrogen-bond donors (Lipinski definition) is 2. The summed E-state index contributed by atoms with van der Waals surface area (Å²) in [6.45, 7) is 0.966. The zero-order valence-electron chi connectivity index (χ0n) is 12.1. The average molecular weight is 279 g/mol. The lowest BCUT2D eigenvalue weighted by Crippen LogP contribution is -2.36. The van der Waals surface area contributed by atoms with Crippen LogP contribution in [-0.2, 0) is 14.3 Å². The number of anilines is 2. The molecular formula is C14H21N3O3. The minimum Gasteiger partial charge on any atom is -0.385 e. The third kappa shape index (κ3) is 5.27. The van der Waals surface area contributed by atoms with Gasteiger partial charge in [-0.2, -0.15) is 0 Å². The van der Waals surface area contributed by atoms with Gasteiger partial charge >= 0.3 is 11.8 Å². The smallest absolute Gasteiger partial charge is 0.313 e. The van der Waals surface area contributed by atoms with Gasteiger partial charge < -0.3 is 20.3 Å². The number of hydrogen-bond acceptors (Lipinski definition) is 4. The van der Waals surface area contributed by atoms with Gasteiger partial charge in [-0.25, -0.2) is 0 Å². The number of ether oxygens (including phenoxy) is 1. The van der Waals surface area contributed by atoms with Gasteiger partial charge in [-0.15, -0.1) is 0 Å². The monoisotopic (exact) mass is 279 g/mol. The molecule has 0 unspecified atom stereocenters. The van der Waals surface area contributed by atoms with Gasteiger partial charge in [0.1, 0.15) is 0 Å². The zero-order chi connectivity index (χ0) is 15.0. The summed E-state index contributed by atoms with van der Waals surface area (Å²) in [6, 6.07) is 7.25. The second kappa shape index (κ2) is 8.16. The fourth-order valence-corrected chi connectivity index (χ4v) is 1.53. The van der Waals surface area contributed by atoms with Crippen molar-refractivity contribution in [3.8, 4) is 0 Å². The molecule has 6 heteroatoms. The Labute approximate surface area is 119 Å². The number of nitrogens with zero attached hydrogens (tertiary/aromatic N) is 1. The molecule has 1 rings (SSSR count). The highest BCUT2D eigenvalue weighted by Gasteiger charge is 2.12. The molecule has 0 spiro atoms. The molecule has 0 radical (unpaired) electrons. The SMILES string of the molecule is COCCCNC(=O)C(=O)Nc1ccc(N(C)C)cc1. The number of rotatable bonds is 6. The average Bonchev–Trinajstić information content (AvgIpc) is 2.44. The topological polar surface area (TPSA) is 70.7 Å². The third-order valence-electron chi connectivity index (χ3n) is 2.66. The highest BCUT2D eigenvalue weighted by Crippen LogP contribution is 2.15. The number of carbonyl (C=O) groups excluding carboxylic acids is 2. The van der Waals surface area contributed by atoms with Crippen molar-refractivity contribution < 1.29 is 14.3 Å². The van der Waals surface area contributed by atoms with Crippen molar-refractivity contribution in [2.45, 2.75) is 6.42 Å². The molecular weight excluding hydrogens is 258 g/mol. The molecule has 0 bridgehead atoms. The molecule has 1 aromatic rings. The molecule has 20 heavy (non-hydrogen) atoms. The van der Waals surface area contributed by atoms with Gasteiger partial charge in [-0.05, 0) is 30.7 Å². The Hall–Kier alpha value is -2.08. The predicted molar refractivity (Wildman–Crippen MR) is 78.9 cm³/mol. The van der Waals surface area contributed by atoms with Crippen molar-refractivity contribution in [3.63, 3.8) is 0 Å². The molecule has 6 nitrogen and oxygen atoms in total. The summed E-state index contributed by atoms with van der Waals surface area (Å²) in [5, 5.41) is 5.08. The van der Waals surface area contributed by atoms with Crippen LogP contribution in [0, 0.1) is 0 Å². The van der Waals surface area contributed by atoms with Crippen LogP contribution in [-0.4, -0.2) is 46.2 Å². The molecule has 0 aromatic heterocycles. The summed E-state index contributed by atoms with van der Waals surface area (Å²) in [5.74, 6) is -1.31. The molecule has 0 fully saturated rings. The van der Waals surface area contributed by atoms with E-state index in [-0.39, 0.29) is 0 Å².